The second-order valence-electron chi connectivity index (χ2n) is 8.62. The Hall–Kier alpha value is -4.03. The molecule has 0 N–H and O–H groups in total. The van der Waals surface area contributed by atoms with E-state index in [1.807, 2.05) is 72.3 Å². The van der Waals surface area contributed by atoms with Crippen LogP contribution < -0.4 is 0 Å². The average molecular weight is 474 g/mol. The van der Waals surface area contributed by atoms with Crippen molar-refractivity contribution >= 4 is 68.5 Å². The van der Waals surface area contributed by atoms with Gasteiger partial charge in [-0.2, -0.15) is 0 Å². The summed E-state index contributed by atoms with van der Waals surface area (Å²) in [5.41, 5.74) is 3.94. The molecule has 0 fully saturated rings. The van der Waals surface area contributed by atoms with Crippen LogP contribution in [0.4, 0.5) is 8.63 Å². The Morgan fingerprint density at radius 3 is 2.26 bits per heavy atom. The van der Waals surface area contributed by atoms with Gasteiger partial charge in [0.1, 0.15) is 0 Å². The minimum atomic E-state index is -2.69. The van der Waals surface area contributed by atoms with Crippen molar-refractivity contribution in [2.75, 3.05) is 0 Å². The van der Waals surface area contributed by atoms with E-state index in [4.69, 9.17) is 4.99 Å². The lowest BCUT2D eigenvalue weighted by Gasteiger charge is -2.14. The van der Waals surface area contributed by atoms with Crippen molar-refractivity contribution < 1.29 is 8.63 Å². The Morgan fingerprint density at radius 1 is 0.743 bits per heavy atom. The van der Waals surface area contributed by atoms with Crippen molar-refractivity contribution in [2.45, 2.75) is 0 Å². The standard InChI is InChI=1S/C29H17BF2N2S/c31-30(32)34-17-25-21-9-4-2-7-19(21)12-14-23(25)29(34)27(26-10-5-15-35-26)28-22-13-11-18-6-1-3-8-20(18)24(22)16-33-28/h1-17H/b28-27-. The molecule has 35 heavy (non-hydrogen) atoms. The fraction of sp³-hybridized carbons (Fsp3) is 0. The molecule has 166 valence electrons. The maximum Gasteiger partial charge on any atom is 0.677 e. The minimum absolute atomic E-state index is 0.497. The summed E-state index contributed by atoms with van der Waals surface area (Å²) in [6.07, 6.45) is 3.46. The predicted molar refractivity (Wildman–Crippen MR) is 145 cm³/mol. The van der Waals surface area contributed by atoms with Crippen molar-refractivity contribution in [3.63, 3.8) is 0 Å². The topological polar surface area (TPSA) is 17.3 Å². The van der Waals surface area contributed by atoms with Crippen LogP contribution >= 0.6 is 11.3 Å². The summed E-state index contributed by atoms with van der Waals surface area (Å²) in [4.78, 5) is 5.75. The molecule has 2 aromatic heterocycles. The summed E-state index contributed by atoms with van der Waals surface area (Å²) < 4.78 is 30.2. The molecule has 0 bridgehead atoms. The first kappa shape index (κ1) is 20.4. The number of hydrogen-bond donors (Lipinski definition) is 0. The van der Waals surface area contributed by atoms with Gasteiger partial charge in [0.25, 0.3) is 0 Å². The summed E-state index contributed by atoms with van der Waals surface area (Å²) in [6.45, 7) is 0. The zero-order valence-corrected chi connectivity index (χ0v) is 19.3. The number of thiophene rings is 1. The number of hydrogen-bond acceptors (Lipinski definition) is 2. The smallest absolute Gasteiger partial charge is 0.330 e. The van der Waals surface area contributed by atoms with Crippen molar-refractivity contribution in [3.8, 4) is 0 Å². The second-order valence-corrected chi connectivity index (χ2v) is 9.57. The molecule has 7 rings (SSSR count). The van der Waals surface area contributed by atoms with Crippen LogP contribution in [-0.2, 0) is 0 Å². The molecule has 6 aromatic rings. The third-order valence-corrected chi connectivity index (χ3v) is 7.64. The molecular weight excluding hydrogens is 457 g/mol. The molecule has 0 radical (unpaired) electrons. The lowest BCUT2D eigenvalue weighted by atomic mass is 9.94. The van der Waals surface area contributed by atoms with E-state index in [0.29, 0.717) is 5.69 Å². The van der Waals surface area contributed by atoms with Crippen LogP contribution in [-0.4, -0.2) is 18.1 Å². The van der Waals surface area contributed by atoms with Gasteiger partial charge in [0, 0.05) is 44.8 Å². The molecule has 4 aromatic carbocycles. The van der Waals surface area contributed by atoms with Gasteiger partial charge in [-0.15, -0.1) is 11.3 Å². The third-order valence-electron chi connectivity index (χ3n) is 6.75. The largest absolute Gasteiger partial charge is 0.677 e. The maximum atomic E-state index is 14.6. The fourth-order valence-electron chi connectivity index (χ4n) is 5.21. The van der Waals surface area contributed by atoms with E-state index in [0.717, 1.165) is 64.1 Å². The maximum absolute atomic E-state index is 14.6. The van der Waals surface area contributed by atoms with Gasteiger partial charge >= 0.3 is 7.40 Å². The monoisotopic (exact) mass is 474 g/mol. The SMILES string of the molecule is FB(F)n1cc2c(ccc3ccccc32)c1/C(=C1\N=Cc2c1ccc1ccccc21)c1cccs1. The first-order valence-corrected chi connectivity index (χ1v) is 12.2. The summed E-state index contributed by atoms with van der Waals surface area (Å²) in [7, 11) is -2.69. The molecule has 0 unspecified atom stereocenters. The molecule has 0 saturated heterocycles. The van der Waals surface area contributed by atoms with Gasteiger partial charge in [0.15, 0.2) is 0 Å². The van der Waals surface area contributed by atoms with E-state index in [1.54, 1.807) is 6.20 Å². The number of aliphatic imine (C=N–C) groups is 1. The lowest BCUT2D eigenvalue weighted by Crippen LogP contribution is -2.15. The van der Waals surface area contributed by atoms with Crippen molar-refractivity contribution in [2.24, 2.45) is 4.99 Å². The second kappa shape index (κ2) is 7.75. The normalized spacial score (nSPS) is 14.2. The highest BCUT2D eigenvalue weighted by Crippen LogP contribution is 2.44. The van der Waals surface area contributed by atoms with Crippen LogP contribution in [0.1, 0.15) is 21.7 Å². The van der Waals surface area contributed by atoms with Gasteiger partial charge < -0.3 is 4.48 Å². The Balaban J connectivity index is 1.61. The zero-order chi connectivity index (χ0) is 23.5. The Labute approximate surface area is 204 Å². The van der Waals surface area contributed by atoms with Crippen molar-refractivity contribution in [1.29, 1.82) is 0 Å². The number of rotatable bonds is 3. The van der Waals surface area contributed by atoms with Gasteiger partial charge in [-0.3, -0.25) is 13.6 Å². The van der Waals surface area contributed by atoms with Gasteiger partial charge in [0.2, 0.25) is 0 Å². The number of halogens is 2. The van der Waals surface area contributed by atoms with E-state index in [9.17, 15) is 8.63 Å². The molecule has 0 spiro atoms. The quantitative estimate of drug-likeness (QED) is 0.231. The molecule has 0 aliphatic carbocycles. The van der Waals surface area contributed by atoms with Crippen LogP contribution in [0.3, 0.4) is 0 Å². The molecule has 0 saturated carbocycles. The van der Waals surface area contributed by atoms with Crippen LogP contribution in [0.5, 0.6) is 0 Å². The van der Waals surface area contributed by atoms with Gasteiger partial charge in [-0.25, -0.2) is 0 Å². The van der Waals surface area contributed by atoms with Gasteiger partial charge in [0.05, 0.1) is 11.4 Å². The van der Waals surface area contributed by atoms with Gasteiger partial charge in [-0.1, -0.05) is 78.9 Å². The van der Waals surface area contributed by atoms with E-state index < -0.39 is 7.40 Å². The molecular formula is C29H17BF2N2S. The number of fused-ring (bicyclic) bond motifs is 6. The molecule has 1 aliphatic heterocycles. The van der Waals surface area contributed by atoms with Crippen LogP contribution in [0.25, 0.3) is 43.6 Å². The average Bonchev–Trinajstić information content (AvgIpc) is 3.64. The van der Waals surface area contributed by atoms with Crippen molar-refractivity contribution in [3.05, 3.63) is 118 Å². The molecule has 0 amide bonds. The first-order valence-electron chi connectivity index (χ1n) is 11.4. The summed E-state index contributed by atoms with van der Waals surface area (Å²) in [5.74, 6) is 0. The molecule has 6 heteroatoms. The van der Waals surface area contributed by atoms with E-state index in [-0.39, 0.29) is 0 Å². The Bertz CT molecular complexity index is 1830. The fourth-order valence-corrected chi connectivity index (χ4v) is 5.98. The number of nitrogens with zero attached hydrogens (tertiary/aromatic N) is 2. The molecule has 2 nitrogen and oxygen atoms in total. The van der Waals surface area contributed by atoms with Gasteiger partial charge in [-0.05, 0) is 33.0 Å². The van der Waals surface area contributed by atoms with Crippen LogP contribution in [0.2, 0.25) is 0 Å². The summed E-state index contributed by atoms with van der Waals surface area (Å²) >= 11 is 1.54. The third kappa shape index (κ3) is 3.03. The summed E-state index contributed by atoms with van der Waals surface area (Å²) in [6, 6.07) is 28.1. The first-order chi connectivity index (χ1) is 17.2. The number of aromatic nitrogens is 1. The zero-order valence-electron chi connectivity index (χ0n) is 18.5. The Kier molecular flexibility index (Phi) is 4.51. The molecule has 0 atom stereocenters. The Morgan fingerprint density at radius 2 is 1.49 bits per heavy atom. The molecule has 3 heterocycles. The van der Waals surface area contributed by atoms with Crippen molar-refractivity contribution in [1.82, 2.24) is 4.48 Å². The van der Waals surface area contributed by atoms with E-state index in [1.165, 1.54) is 11.3 Å². The molecule has 1 aliphatic rings. The van der Waals surface area contributed by atoms with Crippen LogP contribution in [0.15, 0.2) is 101 Å². The van der Waals surface area contributed by atoms with E-state index >= 15 is 0 Å². The highest BCUT2D eigenvalue weighted by atomic mass is 32.1. The van der Waals surface area contributed by atoms with Crippen LogP contribution in [0, 0.1) is 0 Å². The highest BCUT2D eigenvalue weighted by Gasteiger charge is 2.30. The highest BCUT2D eigenvalue weighted by molar-refractivity contribution is 7.11. The predicted octanol–water partition coefficient (Wildman–Crippen LogP) is 8.13. The van der Waals surface area contributed by atoms with E-state index in [2.05, 4.69) is 24.3 Å². The summed E-state index contributed by atoms with van der Waals surface area (Å²) in [5, 5.41) is 7.81. The lowest BCUT2D eigenvalue weighted by molar-refractivity contribution is 0.629. The number of benzene rings is 4. The minimum Gasteiger partial charge on any atom is -0.330 e.